The molecule has 0 radical (unpaired) electrons. The Morgan fingerprint density at radius 2 is 2.10 bits per heavy atom. The summed E-state index contributed by atoms with van der Waals surface area (Å²) in [5.74, 6) is -0.275. The molecule has 6 nitrogen and oxygen atoms in total. The number of nitrogens with zero attached hydrogens (tertiary/aromatic N) is 1. The van der Waals surface area contributed by atoms with Gasteiger partial charge in [0.2, 0.25) is 10.0 Å². The molecule has 1 heterocycles. The minimum Gasteiger partial charge on any atom is -0.377 e. The Bertz CT molecular complexity index is 695. The van der Waals surface area contributed by atoms with Crippen molar-refractivity contribution in [1.82, 2.24) is 4.90 Å². The third-order valence-electron chi connectivity index (χ3n) is 4.15. The lowest BCUT2D eigenvalue weighted by molar-refractivity contribution is -0.0119. The number of amides is 1. The van der Waals surface area contributed by atoms with E-state index in [1.54, 1.807) is 17.0 Å². The monoisotopic (exact) mass is 310 g/mol. The van der Waals surface area contributed by atoms with Crippen molar-refractivity contribution in [2.45, 2.75) is 30.2 Å². The molecule has 1 amide bonds. The quantitative estimate of drug-likeness (QED) is 0.868. The largest absolute Gasteiger partial charge is 0.377 e. The Balaban J connectivity index is 2.03. The summed E-state index contributed by atoms with van der Waals surface area (Å²) in [6.07, 6.45) is 1.80. The number of sulfonamides is 1. The van der Waals surface area contributed by atoms with Gasteiger partial charge in [-0.3, -0.25) is 4.79 Å². The fourth-order valence-corrected chi connectivity index (χ4v) is 3.52. The maximum atomic E-state index is 12.8. The van der Waals surface area contributed by atoms with Crippen LogP contribution in [0, 0.1) is 6.92 Å². The van der Waals surface area contributed by atoms with Gasteiger partial charge >= 0.3 is 0 Å². The molecule has 1 aromatic rings. The summed E-state index contributed by atoms with van der Waals surface area (Å²) in [7, 11) is -3.93. The van der Waals surface area contributed by atoms with E-state index in [0.717, 1.165) is 18.4 Å². The van der Waals surface area contributed by atoms with Crippen molar-refractivity contribution < 1.29 is 17.9 Å². The van der Waals surface area contributed by atoms with E-state index in [1.807, 2.05) is 6.92 Å². The summed E-state index contributed by atoms with van der Waals surface area (Å²) in [5.41, 5.74) is 0.740. The number of primary sulfonamides is 1. The number of ether oxygens (including phenoxy) is 1. The van der Waals surface area contributed by atoms with Crippen LogP contribution in [0.3, 0.4) is 0 Å². The second kappa shape index (κ2) is 4.79. The number of hydrogen-bond acceptors (Lipinski definition) is 4. The van der Waals surface area contributed by atoms with Crippen LogP contribution < -0.4 is 5.14 Å². The lowest BCUT2D eigenvalue weighted by atomic mass is 10.1. The first-order valence-electron chi connectivity index (χ1n) is 6.87. The molecule has 2 aliphatic rings. The summed E-state index contributed by atoms with van der Waals surface area (Å²) in [5, 5.41) is 5.24. The van der Waals surface area contributed by atoms with Gasteiger partial charge in [0.25, 0.3) is 5.91 Å². The van der Waals surface area contributed by atoms with E-state index in [1.165, 1.54) is 6.07 Å². The first kappa shape index (κ1) is 14.5. The van der Waals surface area contributed by atoms with E-state index in [0.29, 0.717) is 19.8 Å². The number of aryl methyl sites for hydroxylation is 1. The van der Waals surface area contributed by atoms with E-state index in [4.69, 9.17) is 9.88 Å². The molecule has 0 bridgehead atoms. The van der Waals surface area contributed by atoms with E-state index >= 15 is 0 Å². The van der Waals surface area contributed by atoms with Crippen LogP contribution in [0.2, 0.25) is 0 Å². The topological polar surface area (TPSA) is 89.7 Å². The molecule has 21 heavy (non-hydrogen) atoms. The zero-order chi connectivity index (χ0) is 15.3. The molecular formula is C14H18N2O4S. The van der Waals surface area contributed by atoms with Crippen molar-refractivity contribution in [3.05, 3.63) is 29.3 Å². The molecule has 1 spiro atoms. The molecule has 2 fully saturated rings. The Labute approximate surface area is 123 Å². The Morgan fingerprint density at radius 3 is 2.71 bits per heavy atom. The highest BCUT2D eigenvalue weighted by atomic mass is 32.2. The predicted molar refractivity (Wildman–Crippen MR) is 76.4 cm³/mol. The second-order valence-corrected chi connectivity index (χ2v) is 7.31. The van der Waals surface area contributed by atoms with Gasteiger partial charge in [0.15, 0.2) is 0 Å². The van der Waals surface area contributed by atoms with Gasteiger partial charge in [-0.1, -0.05) is 11.6 Å². The molecule has 1 aliphatic carbocycles. The van der Waals surface area contributed by atoms with Gasteiger partial charge in [-0.2, -0.15) is 0 Å². The Morgan fingerprint density at radius 1 is 1.38 bits per heavy atom. The Kier molecular flexibility index (Phi) is 3.31. The van der Waals surface area contributed by atoms with Crippen molar-refractivity contribution in [3.8, 4) is 0 Å². The Hall–Kier alpha value is -1.44. The summed E-state index contributed by atoms with van der Waals surface area (Å²) in [6, 6.07) is 4.63. The molecule has 2 N–H and O–H groups in total. The van der Waals surface area contributed by atoms with E-state index in [-0.39, 0.29) is 21.9 Å². The van der Waals surface area contributed by atoms with E-state index in [2.05, 4.69) is 0 Å². The molecule has 0 atom stereocenters. The maximum absolute atomic E-state index is 12.8. The van der Waals surface area contributed by atoms with Gasteiger partial charge in [-0.25, -0.2) is 13.6 Å². The van der Waals surface area contributed by atoms with Gasteiger partial charge in [-0.15, -0.1) is 0 Å². The van der Waals surface area contributed by atoms with Gasteiger partial charge < -0.3 is 9.64 Å². The SMILES string of the molecule is Cc1ccc(S(N)(=O)=O)c(C(=O)N2CCOCC23CC3)c1. The van der Waals surface area contributed by atoms with Crippen LogP contribution in [0.25, 0.3) is 0 Å². The van der Waals surface area contributed by atoms with Crippen molar-refractivity contribution in [3.63, 3.8) is 0 Å². The smallest absolute Gasteiger partial charge is 0.255 e. The zero-order valence-electron chi connectivity index (χ0n) is 11.8. The summed E-state index contributed by atoms with van der Waals surface area (Å²) in [6.45, 7) is 3.30. The van der Waals surface area contributed by atoms with E-state index < -0.39 is 10.0 Å². The van der Waals surface area contributed by atoms with Crippen molar-refractivity contribution in [2.75, 3.05) is 19.8 Å². The summed E-state index contributed by atoms with van der Waals surface area (Å²) in [4.78, 5) is 14.5. The fourth-order valence-electron chi connectivity index (χ4n) is 2.81. The summed E-state index contributed by atoms with van der Waals surface area (Å²) < 4.78 is 28.9. The molecule has 1 saturated heterocycles. The fraction of sp³-hybridized carbons (Fsp3) is 0.500. The van der Waals surface area contributed by atoms with Gasteiger partial charge in [-0.05, 0) is 31.9 Å². The molecule has 1 saturated carbocycles. The molecular weight excluding hydrogens is 292 g/mol. The number of carbonyl (C=O) groups is 1. The normalized spacial score (nSPS) is 20.6. The number of benzene rings is 1. The number of rotatable bonds is 2. The molecule has 7 heteroatoms. The second-order valence-electron chi connectivity index (χ2n) is 5.78. The van der Waals surface area contributed by atoms with Gasteiger partial charge in [0.1, 0.15) is 0 Å². The van der Waals surface area contributed by atoms with Crippen LogP contribution in [0.1, 0.15) is 28.8 Å². The minimum atomic E-state index is -3.93. The minimum absolute atomic E-state index is 0.111. The number of carbonyl (C=O) groups excluding carboxylic acids is 1. The lowest BCUT2D eigenvalue weighted by Gasteiger charge is -2.36. The van der Waals surface area contributed by atoms with Gasteiger partial charge in [0, 0.05) is 6.54 Å². The lowest BCUT2D eigenvalue weighted by Crippen LogP contribution is -2.50. The molecule has 0 unspecified atom stereocenters. The molecule has 1 aromatic carbocycles. The highest BCUT2D eigenvalue weighted by Crippen LogP contribution is 2.44. The van der Waals surface area contributed by atoms with Crippen LogP contribution in [0.5, 0.6) is 0 Å². The first-order valence-corrected chi connectivity index (χ1v) is 8.41. The van der Waals surface area contributed by atoms with Crippen LogP contribution in [0.4, 0.5) is 0 Å². The number of nitrogens with two attached hydrogens (primary N) is 1. The average Bonchev–Trinajstić information content (AvgIpc) is 3.17. The van der Waals surface area contributed by atoms with Gasteiger partial charge in [0.05, 0.1) is 29.2 Å². The van der Waals surface area contributed by atoms with E-state index in [9.17, 15) is 13.2 Å². The van der Waals surface area contributed by atoms with Crippen LogP contribution in [-0.4, -0.2) is 44.5 Å². The van der Waals surface area contributed by atoms with Crippen molar-refractivity contribution in [2.24, 2.45) is 5.14 Å². The summed E-state index contributed by atoms with van der Waals surface area (Å²) >= 11 is 0. The van der Waals surface area contributed by atoms with Crippen molar-refractivity contribution >= 4 is 15.9 Å². The van der Waals surface area contributed by atoms with Crippen LogP contribution >= 0.6 is 0 Å². The number of morpholine rings is 1. The van der Waals surface area contributed by atoms with Crippen molar-refractivity contribution in [1.29, 1.82) is 0 Å². The van der Waals surface area contributed by atoms with Crippen LogP contribution in [-0.2, 0) is 14.8 Å². The molecule has 114 valence electrons. The molecule has 1 aliphatic heterocycles. The molecule has 3 rings (SSSR count). The number of hydrogen-bond donors (Lipinski definition) is 1. The molecule has 0 aromatic heterocycles. The third kappa shape index (κ3) is 2.56. The average molecular weight is 310 g/mol. The zero-order valence-corrected chi connectivity index (χ0v) is 12.6. The van der Waals surface area contributed by atoms with Crippen LogP contribution in [0.15, 0.2) is 23.1 Å². The third-order valence-corrected chi connectivity index (χ3v) is 5.12. The highest BCUT2D eigenvalue weighted by molar-refractivity contribution is 7.89. The maximum Gasteiger partial charge on any atom is 0.255 e. The predicted octanol–water partition coefficient (Wildman–Crippen LogP) is 0.647. The highest BCUT2D eigenvalue weighted by Gasteiger charge is 2.52. The standard InChI is InChI=1S/C14H18N2O4S/c1-10-2-3-12(21(15,18)19)11(8-10)13(17)16-6-7-20-9-14(16)4-5-14/h2-3,8H,4-7,9H2,1H3,(H2,15,18,19). The first-order chi connectivity index (χ1) is 9.83.